The molecule has 1 saturated heterocycles. The van der Waals surface area contributed by atoms with Crippen LogP contribution in [-0.2, 0) is 19.5 Å². The number of rotatable bonds is 7. The molecule has 1 unspecified atom stereocenters. The first kappa shape index (κ1) is 21.3. The van der Waals surface area contributed by atoms with Crippen molar-refractivity contribution in [2.75, 3.05) is 31.6 Å². The first-order valence-electron chi connectivity index (χ1n) is 11.3. The number of anilines is 1. The van der Waals surface area contributed by atoms with Gasteiger partial charge in [-0.1, -0.05) is 6.07 Å². The largest absolute Gasteiger partial charge is 0.494 e. The highest BCUT2D eigenvalue weighted by atomic mass is 16.5. The van der Waals surface area contributed by atoms with Crippen molar-refractivity contribution >= 4 is 11.8 Å². The third kappa shape index (κ3) is 5.21. The number of guanidine groups is 1. The van der Waals surface area contributed by atoms with Crippen molar-refractivity contribution in [3.63, 3.8) is 0 Å². The van der Waals surface area contributed by atoms with E-state index in [-0.39, 0.29) is 6.10 Å². The molecule has 166 valence electrons. The SMILES string of the molecule is CCOc1cc2c(cc1CNC(=NC)NCc1ccc(N3CCCC3)nc1)OC(C)C2. The van der Waals surface area contributed by atoms with E-state index in [0.29, 0.717) is 19.7 Å². The molecule has 7 nitrogen and oxygen atoms in total. The number of benzene rings is 1. The second kappa shape index (κ2) is 9.90. The van der Waals surface area contributed by atoms with Gasteiger partial charge in [-0.15, -0.1) is 0 Å². The van der Waals surface area contributed by atoms with Crippen molar-refractivity contribution in [3.05, 3.63) is 47.2 Å². The molecule has 0 saturated carbocycles. The van der Waals surface area contributed by atoms with Gasteiger partial charge < -0.3 is 25.0 Å². The summed E-state index contributed by atoms with van der Waals surface area (Å²) in [6, 6.07) is 8.44. The zero-order valence-electron chi connectivity index (χ0n) is 18.8. The summed E-state index contributed by atoms with van der Waals surface area (Å²) in [6.07, 6.45) is 5.60. The number of hydrogen-bond acceptors (Lipinski definition) is 5. The molecule has 31 heavy (non-hydrogen) atoms. The summed E-state index contributed by atoms with van der Waals surface area (Å²) < 4.78 is 11.8. The molecule has 1 aromatic heterocycles. The van der Waals surface area contributed by atoms with Crippen LogP contribution in [0.5, 0.6) is 11.5 Å². The number of nitrogens with zero attached hydrogens (tertiary/aromatic N) is 3. The van der Waals surface area contributed by atoms with Crippen LogP contribution in [0, 0.1) is 0 Å². The third-order valence-electron chi connectivity index (χ3n) is 5.75. The van der Waals surface area contributed by atoms with Gasteiger partial charge in [0.05, 0.1) is 6.61 Å². The molecule has 3 heterocycles. The molecule has 0 spiro atoms. The van der Waals surface area contributed by atoms with Gasteiger partial charge in [-0.25, -0.2) is 4.98 Å². The molecular weight excluding hydrogens is 390 g/mol. The summed E-state index contributed by atoms with van der Waals surface area (Å²) >= 11 is 0. The topological polar surface area (TPSA) is 71.0 Å². The Balaban J connectivity index is 1.34. The molecule has 2 aliphatic rings. The Morgan fingerprint density at radius 3 is 2.74 bits per heavy atom. The Kier molecular flexibility index (Phi) is 6.79. The summed E-state index contributed by atoms with van der Waals surface area (Å²) in [6.45, 7) is 8.22. The van der Waals surface area contributed by atoms with E-state index in [0.717, 1.165) is 53.9 Å². The average molecular weight is 424 g/mol. The molecule has 2 N–H and O–H groups in total. The number of hydrogen-bond donors (Lipinski definition) is 2. The van der Waals surface area contributed by atoms with E-state index in [4.69, 9.17) is 9.47 Å². The maximum Gasteiger partial charge on any atom is 0.191 e. The van der Waals surface area contributed by atoms with Gasteiger partial charge in [0.15, 0.2) is 5.96 Å². The van der Waals surface area contributed by atoms with Gasteiger partial charge >= 0.3 is 0 Å². The normalized spacial score (nSPS) is 18.0. The van der Waals surface area contributed by atoms with E-state index >= 15 is 0 Å². The number of nitrogens with one attached hydrogen (secondary N) is 2. The van der Waals surface area contributed by atoms with Crippen molar-refractivity contribution in [1.29, 1.82) is 0 Å². The number of pyridine rings is 1. The molecule has 2 aromatic rings. The lowest BCUT2D eigenvalue weighted by Crippen LogP contribution is -2.36. The average Bonchev–Trinajstić information content (AvgIpc) is 3.43. The third-order valence-corrected chi connectivity index (χ3v) is 5.75. The van der Waals surface area contributed by atoms with E-state index in [2.05, 4.69) is 56.7 Å². The predicted octanol–water partition coefficient (Wildman–Crippen LogP) is 3.27. The van der Waals surface area contributed by atoms with Crippen LogP contribution < -0.4 is 25.0 Å². The first-order valence-corrected chi connectivity index (χ1v) is 11.3. The number of fused-ring (bicyclic) bond motifs is 1. The standard InChI is InChI=1S/C24H33N5O2/c1-4-30-21-12-19-11-17(2)31-22(19)13-20(21)16-28-24(25-3)27-15-18-7-8-23(26-14-18)29-9-5-6-10-29/h7-8,12-14,17H,4-6,9-11,15-16H2,1-3H3,(H2,25,27,28). The maximum atomic E-state index is 5.93. The molecular formula is C24H33N5O2. The molecule has 1 aromatic carbocycles. The fourth-order valence-corrected chi connectivity index (χ4v) is 4.15. The van der Waals surface area contributed by atoms with Crippen molar-refractivity contribution in [2.45, 2.75) is 52.3 Å². The molecule has 0 bridgehead atoms. The van der Waals surface area contributed by atoms with E-state index in [9.17, 15) is 0 Å². The zero-order chi connectivity index (χ0) is 21.6. The van der Waals surface area contributed by atoms with Gasteiger partial charge in [0.1, 0.15) is 23.4 Å². The molecule has 0 radical (unpaired) electrons. The van der Waals surface area contributed by atoms with Crippen LogP contribution in [0.15, 0.2) is 35.5 Å². The predicted molar refractivity (Wildman–Crippen MR) is 124 cm³/mol. The Labute approximate surface area is 184 Å². The van der Waals surface area contributed by atoms with Crippen LogP contribution in [-0.4, -0.2) is 43.8 Å². The highest BCUT2D eigenvalue weighted by Gasteiger charge is 2.22. The summed E-state index contributed by atoms with van der Waals surface area (Å²) in [5.41, 5.74) is 3.40. The number of aliphatic imine (C=N–C) groups is 1. The van der Waals surface area contributed by atoms with Crippen LogP contribution in [0.25, 0.3) is 0 Å². The molecule has 1 atom stereocenters. The van der Waals surface area contributed by atoms with Crippen LogP contribution in [0.3, 0.4) is 0 Å². The van der Waals surface area contributed by atoms with E-state index in [1.54, 1.807) is 7.05 Å². The summed E-state index contributed by atoms with van der Waals surface area (Å²) in [4.78, 5) is 11.3. The Bertz CT molecular complexity index is 907. The number of ether oxygens (including phenoxy) is 2. The van der Waals surface area contributed by atoms with Gasteiger partial charge in [0.25, 0.3) is 0 Å². The van der Waals surface area contributed by atoms with Gasteiger partial charge in [-0.2, -0.15) is 0 Å². The van der Waals surface area contributed by atoms with E-state index < -0.39 is 0 Å². The monoisotopic (exact) mass is 423 g/mol. The summed E-state index contributed by atoms with van der Waals surface area (Å²) in [7, 11) is 1.78. The van der Waals surface area contributed by atoms with Crippen molar-refractivity contribution < 1.29 is 9.47 Å². The maximum absolute atomic E-state index is 5.93. The van der Waals surface area contributed by atoms with Gasteiger partial charge in [0, 0.05) is 57.0 Å². The molecule has 1 fully saturated rings. The van der Waals surface area contributed by atoms with Crippen LogP contribution in [0.1, 0.15) is 43.4 Å². The van der Waals surface area contributed by atoms with Crippen LogP contribution in [0.4, 0.5) is 5.82 Å². The highest BCUT2D eigenvalue weighted by Crippen LogP contribution is 2.35. The van der Waals surface area contributed by atoms with E-state index in [1.165, 1.54) is 18.4 Å². The first-order chi connectivity index (χ1) is 15.2. The Morgan fingerprint density at radius 1 is 1.23 bits per heavy atom. The van der Waals surface area contributed by atoms with Crippen molar-refractivity contribution in [1.82, 2.24) is 15.6 Å². The minimum atomic E-state index is 0.215. The smallest absolute Gasteiger partial charge is 0.191 e. The van der Waals surface area contributed by atoms with Crippen LogP contribution >= 0.6 is 0 Å². The second-order valence-corrected chi connectivity index (χ2v) is 8.13. The minimum Gasteiger partial charge on any atom is -0.494 e. The Hall–Kier alpha value is -2.96. The Morgan fingerprint density at radius 2 is 2.03 bits per heavy atom. The molecule has 7 heteroatoms. The summed E-state index contributed by atoms with van der Waals surface area (Å²) in [5.74, 6) is 3.67. The molecule has 0 amide bonds. The quantitative estimate of drug-likeness (QED) is 0.526. The minimum absolute atomic E-state index is 0.215. The molecule has 2 aliphatic heterocycles. The van der Waals surface area contributed by atoms with Crippen molar-refractivity contribution in [2.24, 2.45) is 4.99 Å². The fraction of sp³-hybridized carbons (Fsp3) is 0.500. The second-order valence-electron chi connectivity index (χ2n) is 8.13. The lowest BCUT2D eigenvalue weighted by atomic mass is 10.1. The fourth-order valence-electron chi connectivity index (χ4n) is 4.15. The van der Waals surface area contributed by atoms with E-state index in [1.807, 2.05) is 13.1 Å². The van der Waals surface area contributed by atoms with Gasteiger partial charge in [-0.3, -0.25) is 4.99 Å². The van der Waals surface area contributed by atoms with Crippen LogP contribution in [0.2, 0.25) is 0 Å². The lowest BCUT2D eigenvalue weighted by Gasteiger charge is -2.17. The molecule has 0 aliphatic carbocycles. The number of aromatic nitrogens is 1. The summed E-state index contributed by atoms with van der Waals surface area (Å²) in [5, 5.41) is 6.76. The molecule has 4 rings (SSSR count). The lowest BCUT2D eigenvalue weighted by molar-refractivity contribution is 0.254. The van der Waals surface area contributed by atoms with Crippen molar-refractivity contribution in [3.8, 4) is 11.5 Å². The zero-order valence-corrected chi connectivity index (χ0v) is 18.8. The van der Waals surface area contributed by atoms with Gasteiger partial charge in [0.2, 0.25) is 0 Å². The highest BCUT2D eigenvalue weighted by molar-refractivity contribution is 5.79. The van der Waals surface area contributed by atoms with Gasteiger partial charge in [-0.05, 0) is 50.5 Å².